The number of anilines is 1. The number of nitro benzene ring substituents is 1. The van der Waals surface area contributed by atoms with Crippen molar-refractivity contribution in [1.29, 1.82) is 0 Å². The van der Waals surface area contributed by atoms with Crippen molar-refractivity contribution in [3.63, 3.8) is 0 Å². The lowest BCUT2D eigenvalue weighted by Gasteiger charge is -2.16. The number of hydrogen-bond donors (Lipinski definition) is 3. The zero-order valence-electron chi connectivity index (χ0n) is 16.9. The average Bonchev–Trinajstić information content (AvgIpc) is 2.65. The Morgan fingerprint density at radius 1 is 1.25 bits per heavy atom. The van der Waals surface area contributed by atoms with Crippen LogP contribution in [0.2, 0.25) is 0 Å². The first-order valence-electron chi connectivity index (χ1n) is 9.25. The summed E-state index contributed by atoms with van der Waals surface area (Å²) >= 11 is 0. The summed E-state index contributed by atoms with van der Waals surface area (Å²) in [5.74, 6) is 0.743. The monoisotopic (exact) mass is 508 g/mol. The first kappa shape index (κ1) is 26.3. The molecule has 0 unspecified atom stereocenters. The maximum absolute atomic E-state index is 11.0. The Hall–Kier alpha value is -1.66. The number of rotatable bonds is 13. The molecule has 1 aromatic rings. The van der Waals surface area contributed by atoms with Crippen molar-refractivity contribution in [2.24, 2.45) is 4.99 Å². The van der Waals surface area contributed by atoms with Crippen LogP contribution in [0.1, 0.15) is 13.3 Å². The third kappa shape index (κ3) is 11.2. The van der Waals surface area contributed by atoms with Crippen molar-refractivity contribution in [2.75, 3.05) is 65.3 Å². The van der Waals surface area contributed by atoms with E-state index in [2.05, 4.69) is 32.9 Å². The van der Waals surface area contributed by atoms with Crippen LogP contribution in [0.25, 0.3) is 0 Å². The van der Waals surface area contributed by atoms with E-state index in [4.69, 9.17) is 4.74 Å². The Bertz CT molecular complexity index is 588. The molecule has 0 amide bonds. The number of halogens is 1. The van der Waals surface area contributed by atoms with E-state index in [0.29, 0.717) is 25.3 Å². The third-order valence-electron chi connectivity index (χ3n) is 3.82. The summed E-state index contributed by atoms with van der Waals surface area (Å²) in [6.45, 7) is 7.24. The molecule has 0 saturated carbocycles. The van der Waals surface area contributed by atoms with E-state index >= 15 is 0 Å². The van der Waals surface area contributed by atoms with Crippen molar-refractivity contribution in [2.45, 2.75) is 13.3 Å². The van der Waals surface area contributed by atoms with Gasteiger partial charge in [-0.3, -0.25) is 15.1 Å². The summed E-state index contributed by atoms with van der Waals surface area (Å²) < 4.78 is 5.06. The topological polar surface area (TPSA) is 104 Å². The predicted octanol–water partition coefficient (Wildman–Crippen LogP) is 2.15. The molecular formula is C18H33IN6O3. The van der Waals surface area contributed by atoms with Crippen molar-refractivity contribution >= 4 is 41.3 Å². The molecule has 0 bridgehead atoms. The largest absolute Gasteiger partial charge is 0.385 e. The fraction of sp³-hybridized carbons (Fsp3) is 0.611. The molecule has 160 valence electrons. The Morgan fingerprint density at radius 2 is 2.00 bits per heavy atom. The molecule has 3 N–H and O–H groups in total. The smallest absolute Gasteiger partial charge is 0.292 e. The Balaban J connectivity index is 0.00000729. The summed E-state index contributed by atoms with van der Waals surface area (Å²) in [5.41, 5.74) is 0.596. The fourth-order valence-electron chi connectivity index (χ4n) is 2.43. The minimum atomic E-state index is -0.385. The molecule has 0 spiro atoms. The lowest BCUT2D eigenvalue weighted by Crippen LogP contribution is -2.40. The second-order valence-corrected chi connectivity index (χ2v) is 6.04. The number of aliphatic imine (C=N–C) groups is 1. The molecule has 1 rings (SSSR count). The number of likely N-dealkylation sites (N-methyl/N-ethyl adjacent to an activating group) is 1. The van der Waals surface area contributed by atoms with Crippen LogP contribution in [0.3, 0.4) is 0 Å². The van der Waals surface area contributed by atoms with Crippen molar-refractivity contribution in [3.8, 4) is 0 Å². The number of methoxy groups -OCH3 is 1. The molecule has 9 nitrogen and oxygen atoms in total. The number of hydrogen-bond acceptors (Lipinski definition) is 6. The SMILES string of the molecule is CCNC(=NCCN(C)CCCOC)NCCNc1ccccc1[N+](=O)[O-].I. The van der Waals surface area contributed by atoms with Gasteiger partial charge in [0.25, 0.3) is 5.69 Å². The first-order chi connectivity index (χ1) is 13.1. The number of nitro groups is 1. The highest BCUT2D eigenvalue weighted by Gasteiger charge is 2.11. The van der Waals surface area contributed by atoms with E-state index in [9.17, 15) is 10.1 Å². The van der Waals surface area contributed by atoms with E-state index in [1.165, 1.54) is 6.07 Å². The molecule has 0 aromatic heterocycles. The summed E-state index contributed by atoms with van der Waals surface area (Å²) in [6, 6.07) is 6.63. The Morgan fingerprint density at radius 3 is 2.68 bits per heavy atom. The molecule has 0 aliphatic rings. The summed E-state index contributed by atoms with van der Waals surface area (Å²) in [4.78, 5) is 17.4. The Kier molecular flexibility index (Phi) is 15.3. The van der Waals surface area contributed by atoms with Crippen LogP contribution in [0.15, 0.2) is 29.3 Å². The van der Waals surface area contributed by atoms with Gasteiger partial charge < -0.3 is 25.6 Å². The van der Waals surface area contributed by atoms with Crippen molar-refractivity contribution < 1.29 is 9.66 Å². The summed E-state index contributed by atoms with van der Waals surface area (Å²) in [7, 11) is 3.78. The lowest BCUT2D eigenvalue weighted by molar-refractivity contribution is -0.384. The first-order valence-corrected chi connectivity index (χ1v) is 9.25. The Labute approximate surface area is 184 Å². The molecule has 0 heterocycles. The van der Waals surface area contributed by atoms with E-state index in [0.717, 1.165) is 38.6 Å². The summed E-state index contributed by atoms with van der Waals surface area (Å²) in [5, 5.41) is 20.5. The predicted molar refractivity (Wildman–Crippen MR) is 125 cm³/mol. The minimum Gasteiger partial charge on any atom is -0.385 e. The maximum Gasteiger partial charge on any atom is 0.292 e. The van der Waals surface area contributed by atoms with E-state index in [-0.39, 0.29) is 34.6 Å². The number of ether oxygens (including phenoxy) is 1. The normalized spacial score (nSPS) is 11.1. The minimum absolute atomic E-state index is 0. The van der Waals surface area contributed by atoms with Crippen LogP contribution in [-0.4, -0.2) is 75.8 Å². The highest BCUT2D eigenvalue weighted by atomic mass is 127. The molecule has 0 saturated heterocycles. The molecule has 0 fully saturated rings. The molecular weight excluding hydrogens is 475 g/mol. The van der Waals surface area contributed by atoms with Gasteiger partial charge in [0.2, 0.25) is 0 Å². The molecule has 0 aliphatic carbocycles. The molecule has 0 radical (unpaired) electrons. The zero-order valence-corrected chi connectivity index (χ0v) is 19.3. The van der Waals surface area contributed by atoms with Gasteiger partial charge in [-0.05, 0) is 26.5 Å². The second kappa shape index (κ2) is 16.3. The molecule has 0 aliphatic heterocycles. The van der Waals surface area contributed by atoms with E-state index in [1.54, 1.807) is 25.3 Å². The second-order valence-electron chi connectivity index (χ2n) is 6.04. The highest BCUT2D eigenvalue weighted by molar-refractivity contribution is 14.0. The van der Waals surface area contributed by atoms with Crippen LogP contribution >= 0.6 is 24.0 Å². The van der Waals surface area contributed by atoms with Crippen molar-refractivity contribution in [3.05, 3.63) is 34.4 Å². The number of nitrogens with zero attached hydrogens (tertiary/aromatic N) is 3. The van der Waals surface area contributed by atoms with Gasteiger partial charge in [-0.25, -0.2) is 0 Å². The van der Waals surface area contributed by atoms with Gasteiger partial charge in [0, 0.05) is 52.5 Å². The number of benzene rings is 1. The van der Waals surface area contributed by atoms with Gasteiger partial charge in [-0.2, -0.15) is 0 Å². The van der Waals surface area contributed by atoms with Crippen LogP contribution in [0, 0.1) is 10.1 Å². The fourth-order valence-corrected chi connectivity index (χ4v) is 2.43. The van der Waals surface area contributed by atoms with Crippen molar-refractivity contribution in [1.82, 2.24) is 15.5 Å². The van der Waals surface area contributed by atoms with Gasteiger partial charge in [-0.1, -0.05) is 12.1 Å². The zero-order chi connectivity index (χ0) is 19.9. The molecule has 0 atom stereocenters. The standard InChI is InChI=1S/C18H32N6O3.HI/c1-4-19-18(22-12-14-23(2)13-7-15-27-3)21-11-10-20-16-8-5-6-9-17(16)24(25)26;/h5-6,8-9,20H,4,7,10-15H2,1-3H3,(H2,19,21,22);1H. The van der Waals surface area contributed by atoms with Gasteiger partial charge in [0.1, 0.15) is 5.69 Å². The van der Waals surface area contributed by atoms with Gasteiger partial charge in [-0.15, -0.1) is 24.0 Å². The van der Waals surface area contributed by atoms with Crippen LogP contribution in [0.4, 0.5) is 11.4 Å². The maximum atomic E-state index is 11.0. The lowest BCUT2D eigenvalue weighted by atomic mass is 10.2. The number of guanidine groups is 1. The van der Waals surface area contributed by atoms with Gasteiger partial charge in [0.15, 0.2) is 5.96 Å². The van der Waals surface area contributed by atoms with Gasteiger partial charge >= 0.3 is 0 Å². The molecule has 10 heteroatoms. The molecule has 28 heavy (non-hydrogen) atoms. The van der Waals surface area contributed by atoms with Crippen LogP contribution < -0.4 is 16.0 Å². The quantitative estimate of drug-likeness (QED) is 0.0937. The third-order valence-corrected chi connectivity index (χ3v) is 3.82. The van der Waals surface area contributed by atoms with E-state index in [1.807, 2.05) is 6.92 Å². The number of nitrogens with one attached hydrogen (secondary N) is 3. The summed E-state index contributed by atoms with van der Waals surface area (Å²) in [6.07, 6.45) is 1.01. The average molecular weight is 508 g/mol. The van der Waals surface area contributed by atoms with E-state index < -0.39 is 0 Å². The van der Waals surface area contributed by atoms with Gasteiger partial charge in [0.05, 0.1) is 11.5 Å². The highest BCUT2D eigenvalue weighted by Crippen LogP contribution is 2.22. The van der Waals surface area contributed by atoms with Crippen LogP contribution in [-0.2, 0) is 4.74 Å². The number of para-hydroxylation sites is 2. The molecule has 1 aromatic carbocycles. The van der Waals surface area contributed by atoms with Crippen LogP contribution in [0.5, 0.6) is 0 Å².